The molecule has 0 spiro atoms. The molecule has 1 aromatic heterocycles. The summed E-state index contributed by atoms with van der Waals surface area (Å²) in [5, 5.41) is 25.2. The van der Waals surface area contributed by atoms with Crippen molar-refractivity contribution in [1.82, 2.24) is 15.3 Å². The molecule has 1 unspecified atom stereocenters. The number of imidazole rings is 1. The van der Waals surface area contributed by atoms with E-state index in [1.54, 1.807) is 12.2 Å². The molecule has 0 saturated carbocycles. The van der Waals surface area contributed by atoms with Gasteiger partial charge in [-0.05, 0) is 35.3 Å². The molecule has 0 fully saturated rings. The molecule has 276 valence electrons. The van der Waals surface area contributed by atoms with E-state index >= 15 is 0 Å². The van der Waals surface area contributed by atoms with Crippen molar-refractivity contribution in [3.8, 4) is 33.9 Å². The van der Waals surface area contributed by atoms with Gasteiger partial charge >= 0.3 is 11.9 Å². The molecule has 4 N–H and O–H groups in total. The Hall–Kier alpha value is -5.77. The van der Waals surface area contributed by atoms with Gasteiger partial charge in [-0.15, -0.1) is 0 Å². The lowest BCUT2D eigenvalue weighted by atomic mass is 10.0. The van der Waals surface area contributed by atoms with Gasteiger partial charge in [0, 0.05) is 41.8 Å². The van der Waals surface area contributed by atoms with Gasteiger partial charge in [0.25, 0.3) is 0 Å². The van der Waals surface area contributed by atoms with Crippen LogP contribution in [0.15, 0.2) is 90.1 Å². The molecule has 1 amide bonds. The van der Waals surface area contributed by atoms with Gasteiger partial charge in [0.05, 0.1) is 17.1 Å². The maximum atomic E-state index is 12.5. The Balaban J connectivity index is 1.24. The Morgan fingerprint density at radius 2 is 1.28 bits per heavy atom. The number of carbonyl (C=O) groups is 3. The normalized spacial score (nSPS) is 14.1. The molecule has 0 aliphatic carbocycles. The maximum Gasteiger partial charge on any atom is 0.348 e. The summed E-state index contributed by atoms with van der Waals surface area (Å²) in [4.78, 5) is 48.2. The molecule has 1 aliphatic heterocycles. The zero-order valence-electron chi connectivity index (χ0n) is 30.2. The molecule has 10 heteroatoms. The number of H-pyrrole nitrogens is 1. The quantitative estimate of drug-likeness (QED) is 0.0525. The number of carbonyl (C=O) groups excluding carboxylic acids is 1. The zero-order chi connectivity index (χ0) is 37.4. The fourth-order valence-electron chi connectivity index (χ4n) is 6.16. The molecule has 3 aromatic carbocycles. The van der Waals surface area contributed by atoms with Gasteiger partial charge in [0.15, 0.2) is 0 Å². The van der Waals surface area contributed by atoms with E-state index in [0.717, 1.165) is 63.7 Å². The number of unbranched alkanes of at least 4 members (excludes halogenated alkanes) is 9. The summed E-state index contributed by atoms with van der Waals surface area (Å²) >= 11 is 0. The minimum absolute atomic E-state index is 0.105. The number of carboxylic acid groups (broad SMARTS) is 2. The predicted molar refractivity (Wildman–Crippen MR) is 209 cm³/mol. The number of amides is 1. The van der Waals surface area contributed by atoms with Crippen LogP contribution in [0.25, 0.3) is 46.1 Å². The second kappa shape index (κ2) is 19.7. The number of hydrogen-bond donors (Lipinski definition) is 4. The molecule has 0 radical (unpaired) electrons. The van der Waals surface area contributed by atoms with Crippen molar-refractivity contribution in [1.29, 1.82) is 0 Å². The highest BCUT2D eigenvalue weighted by Gasteiger charge is 2.28. The number of oxime groups is 1. The second-order valence-electron chi connectivity index (χ2n) is 13.3. The molecule has 5 rings (SSSR count). The van der Waals surface area contributed by atoms with Gasteiger partial charge in [-0.3, -0.25) is 4.79 Å². The molecule has 53 heavy (non-hydrogen) atoms. The third-order valence-corrected chi connectivity index (χ3v) is 9.20. The summed E-state index contributed by atoms with van der Waals surface area (Å²) in [6.07, 6.45) is 17.8. The van der Waals surface area contributed by atoms with Crippen molar-refractivity contribution in [2.75, 3.05) is 6.54 Å². The monoisotopic (exact) mass is 716 g/mol. The van der Waals surface area contributed by atoms with Crippen LogP contribution in [0.5, 0.6) is 0 Å². The van der Waals surface area contributed by atoms with Crippen molar-refractivity contribution in [3.05, 3.63) is 102 Å². The molecule has 2 heterocycles. The molecule has 0 saturated heterocycles. The topological polar surface area (TPSA) is 154 Å². The average Bonchev–Trinajstić information content (AvgIpc) is 3.85. The van der Waals surface area contributed by atoms with Crippen molar-refractivity contribution in [2.45, 2.75) is 83.7 Å². The van der Waals surface area contributed by atoms with Crippen LogP contribution < -0.4 is 5.32 Å². The van der Waals surface area contributed by atoms with Gasteiger partial charge in [0.1, 0.15) is 5.82 Å². The summed E-state index contributed by atoms with van der Waals surface area (Å²) in [7, 11) is 0. The first-order chi connectivity index (χ1) is 25.8. The van der Waals surface area contributed by atoms with E-state index in [9.17, 15) is 19.5 Å². The lowest BCUT2D eigenvalue weighted by Gasteiger charge is -2.05. The highest BCUT2D eigenvalue weighted by atomic mass is 16.7. The molecular formula is C43H48N4O6. The summed E-state index contributed by atoms with van der Waals surface area (Å²) in [6, 6.07) is 22.9. The maximum absolute atomic E-state index is 12.5. The number of rotatable bonds is 20. The van der Waals surface area contributed by atoms with Crippen LogP contribution in [0.4, 0.5) is 0 Å². The Morgan fingerprint density at radius 1 is 0.736 bits per heavy atom. The number of nitrogens with zero attached hydrogens (tertiary/aromatic N) is 2. The minimum atomic E-state index is -1.05. The predicted octanol–water partition coefficient (Wildman–Crippen LogP) is 9.14. The molecule has 1 aliphatic rings. The largest absolute Gasteiger partial charge is 0.478 e. The molecule has 10 nitrogen and oxygen atoms in total. The van der Waals surface area contributed by atoms with E-state index in [4.69, 9.17) is 14.9 Å². The van der Waals surface area contributed by atoms with Crippen LogP contribution >= 0.6 is 0 Å². The lowest BCUT2D eigenvalue weighted by molar-refractivity contribution is -0.148. The highest BCUT2D eigenvalue weighted by Crippen LogP contribution is 2.34. The number of nitrogens with one attached hydrogen (secondary N) is 2. The van der Waals surface area contributed by atoms with Crippen LogP contribution in [-0.2, 0) is 19.2 Å². The van der Waals surface area contributed by atoms with E-state index in [1.807, 2.05) is 72.8 Å². The van der Waals surface area contributed by atoms with E-state index < -0.39 is 18.0 Å². The summed E-state index contributed by atoms with van der Waals surface area (Å²) in [6.45, 7) is 2.92. The Labute approximate surface area is 310 Å². The Morgan fingerprint density at radius 3 is 1.87 bits per heavy atom. The van der Waals surface area contributed by atoms with Crippen LogP contribution in [0.1, 0.15) is 94.2 Å². The van der Waals surface area contributed by atoms with Crippen molar-refractivity contribution < 1.29 is 29.4 Å². The number of carboxylic acids is 2. The first-order valence-electron chi connectivity index (χ1n) is 18.5. The standard InChI is InChI=1S/C43H48N4O6/c1-2-3-4-5-6-7-8-9-10-11-28-44-38(48)26-16-30-12-18-33(19-13-30)40-41(34-20-14-31(15-21-34)17-27-39(49)50)46-42(45-40)35-24-22-32(23-25-35)36-29-37(43(51)52)53-47-36/h12-27,37H,2-11,28-29H2,1H3,(H,44,48)(H,45,46)(H,49,50)(H,51,52). The average molecular weight is 717 g/mol. The van der Waals surface area contributed by atoms with Crippen LogP contribution in [0, 0.1) is 0 Å². The van der Waals surface area contributed by atoms with E-state index in [2.05, 4.69) is 22.4 Å². The molecular weight excluding hydrogens is 668 g/mol. The molecule has 1 atom stereocenters. The third-order valence-electron chi connectivity index (χ3n) is 9.20. The van der Waals surface area contributed by atoms with Gasteiger partial charge < -0.3 is 25.4 Å². The van der Waals surface area contributed by atoms with Crippen LogP contribution in [0.3, 0.4) is 0 Å². The summed E-state index contributed by atoms with van der Waals surface area (Å²) in [5.41, 5.74) is 7.03. The number of aromatic nitrogens is 2. The van der Waals surface area contributed by atoms with Gasteiger partial charge in [-0.1, -0.05) is 143 Å². The van der Waals surface area contributed by atoms with Gasteiger partial charge in [0.2, 0.25) is 12.0 Å². The van der Waals surface area contributed by atoms with Crippen molar-refractivity contribution in [2.24, 2.45) is 5.16 Å². The fraction of sp³-hybridized carbons (Fsp3) is 0.326. The minimum Gasteiger partial charge on any atom is -0.478 e. The Bertz CT molecular complexity index is 1910. The van der Waals surface area contributed by atoms with Gasteiger partial charge in [-0.25, -0.2) is 14.6 Å². The van der Waals surface area contributed by atoms with E-state index in [-0.39, 0.29) is 12.3 Å². The van der Waals surface area contributed by atoms with Crippen LogP contribution in [0.2, 0.25) is 0 Å². The van der Waals surface area contributed by atoms with E-state index in [1.165, 1.54) is 57.4 Å². The third kappa shape index (κ3) is 11.6. The SMILES string of the molecule is CCCCCCCCCCCCNC(=O)C=Cc1ccc(-c2nc(-c3ccc(C4=NOC(C(=O)O)C4)cc3)[nH]c2-c2ccc(C=CC(=O)O)cc2)cc1. The molecule has 4 aromatic rings. The van der Waals surface area contributed by atoms with Crippen LogP contribution in [-0.4, -0.2) is 56.4 Å². The summed E-state index contributed by atoms with van der Waals surface area (Å²) in [5.74, 6) is -1.54. The van der Waals surface area contributed by atoms with Crippen molar-refractivity contribution in [3.63, 3.8) is 0 Å². The Kier molecular flexibility index (Phi) is 14.3. The smallest absolute Gasteiger partial charge is 0.348 e. The van der Waals surface area contributed by atoms with E-state index in [0.29, 0.717) is 18.1 Å². The summed E-state index contributed by atoms with van der Waals surface area (Å²) < 4.78 is 0. The number of benzene rings is 3. The first-order valence-corrected chi connectivity index (χ1v) is 18.5. The molecule has 0 bridgehead atoms. The lowest BCUT2D eigenvalue weighted by Crippen LogP contribution is -2.21. The number of aliphatic carboxylic acids is 2. The number of aromatic amines is 1. The number of hydrogen-bond acceptors (Lipinski definition) is 6. The highest BCUT2D eigenvalue weighted by molar-refractivity contribution is 6.03. The zero-order valence-corrected chi connectivity index (χ0v) is 30.2. The van der Waals surface area contributed by atoms with Gasteiger partial charge in [-0.2, -0.15) is 0 Å². The second-order valence-corrected chi connectivity index (χ2v) is 13.3. The first kappa shape index (κ1) is 38.5. The van der Waals surface area contributed by atoms with Crippen molar-refractivity contribution >= 4 is 35.7 Å². The fourth-order valence-corrected chi connectivity index (χ4v) is 6.16.